The summed E-state index contributed by atoms with van der Waals surface area (Å²) in [6.07, 6.45) is -1.49. The van der Waals surface area contributed by atoms with Crippen molar-refractivity contribution in [1.82, 2.24) is 15.0 Å². The van der Waals surface area contributed by atoms with E-state index in [0.717, 1.165) is 6.07 Å². The van der Waals surface area contributed by atoms with Crippen molar-refractivity contribution in [2.75, 3.05) is 18.5 Å². The molecule has 0 aliphatic heterocycles. The van der Waals surface area contributed by atoms with Crippen LogP contribution in [0.3, 0.4) is 0 Å². The van der Waals surface area contributed by atoms with Crippen LogP contribution in [0.1, 0.15) is 12.1 Å². The van der Waals surface area contributed by atoms with Crippen molar-refractivity contribution in [3.05, 3.63) is 36.3 Å². The molecular weight excluding hydrogens is 295 g/mol. The van der Waals surface area contributed by atoms with Crippen molar-refractivity contribution in [3.8, 4) is 17.5 Å². The Morgan fingerprint density at radius 1 is 1.32 bits per heavy atom. The second-order valence-corrected chi connectivity index (χ2v) is 4.50. The van der Waals surface area contributed by atoms with E-state index < -0.39 is 11.9 Å². The third-order valence-electron chi connectivity index (χ3n) is 2.87. The van der Waals surface area contributed by atoms with Gasteiger partial charge >= 0.3 is 6.18 Å². The van der Waals surface area contributed by atoms with E-state index in [0.29, 0.717) is 5.56 Å². The number of anilines is 1. The van der Waals surface area contributed by atoms with E-state index in [1.165, 1.54) is 17.3 Å². The van der Waals surface area contributed by atoms with E-state index in [1.54, 1.807) is 19.2 Å². The smallest absolute Gasteiger partial charge is 0.359 e. The van der Waals surface area contributed by atoms with Crippen molar-refractivity contribution < 1.29 is 13.2 Å². The van der Waals surface area contributed by atoms with Gasteiger partial charge in [-0.2, -0.15) is 18.4 Å². The van der Waals surface area contributed by atoms with Gasteiger partial charge in [-0.15, -0.1) is 0 Å². The molecule has 0 N–H and O–H groups in total. The van der Waals surface area contributed by atoms with Crippen molar-refractivity contribution in [1.29, 1.82) is 5.26 Å². The lowest BCUT2D eigenvalue weighted by Gasteiger charge is -2.18. The SMILES string of the molecule is CN(CCC#N)c1cc(C(F)(F)F)nc(-c2cccnc2)n1. The van der Waals surface area contributed by atoms with Crippen LogP contribution >= 0.6 is 0 Å². The Kier molecular flexibility index (Phi) is 4.56. The summed E-state index contributed by atoms with van der Waals surface area (Å²) in [5.41, 5.74) is -0.635. The number of aromatic nitrogens is 3. The van der Waals surface area contributed by atoms with Gasteiger partial charge in [0.2, 0.25) is 0 Å². The quantitative estimate of drug-likeness (QED) is 0.869. The summed E-state index contributed by atoms with van der Waals surface area (Å²) < 4.78 is 39.0. The maximum atomic E-state index is 13.0. The molecule has 2 heterocycles. The maximum Gasteiger partial charge on any atom is 0.433 e. The molecule has 0 atom stereocenters. The van der Waals surface area contributed by atoms with Gasteiger partial charge in [0.05, 0.1) is 12.5 Å². The standard InChI is InChI=1S/C14H12F3N5/c1-22(7-3-5-18)12-8-11(14(15,16)17)20-13(21-12)10-4-2-6-19-9-10/h2,4,6,8-9H,3,7H2,1H3. The summed E-state index contributed by atoms with van der Waals surface area (Å²) in [5.74, 6) is 0.0539. The number of halogens is 3. The summed E-state index contributed by atoms with van der Waals surface area (Å²) in [4.78, 5) is 13.1. The third kappa shape index (κ3) is 3.69. The van der Waals surface area contributed by atoms with Crippen LogP contribution in [0.5, 0.6) is 0 Å². The summed E-state index contributed by atoms with van der Waals surface area (Å²) in [5, 5.41) is 8.58. The van der Waals surface area contributed by atoms with E-state index in [2.05, 4.69) is 15.0 Å². The van der Waals surface area contributed by atoms with Crippen LogP contribution in [-0.4, -0.2) is 28.5 Å². The van der Waals surface area contributed by atoms with Gasteiger partial charge in [0.1, 0.15) is 5.82 Å². The lowest BCUT2D eigenvalue weighted by atomic mass is 10.2. The molecule has 22 heavy (non-hydrogen) atoms. The van der Waals surface area contributed by atoms with Gasteiger partial charge in [-0.05, 0) is 12.1 Å². The van der Waals surface area contributed by atoms with Crippen LogP contribution in [0.4, 0.5) is 19.0 Å². The largest absolute Gasteiger partial charge is 0.433 e. The molecule has 0 saturated carbocycles. The molecule has 2 aromatic rings. The summed E-state index contributed by atoms with van der Waals surface area (Å²) in [6.45, 7) is 0.275. The van der Waals surface area contributed by atoms with E-state index in [4.69, 9.17) is 5.26 Å². The topological polar surface area (TPSA) is 65.7 Å². The van der Waals surface area contributed by atoms with Gasteiger partial charge in [-0.3, -0.25) is 4.98 Å². The van der Waals surface area contributed by atoms with E-state index >= 15 is 0 Å². The highest BCUT2D eigenvalue weighted by atomic mass is 19.4. The first kappa shape index (κ1) is 15.7. The molecular formula is C14H12F3N5. The van der Waals surface area contributed by atoms with Crippen LogP contribution < -0.4 is 4.90 Å². The minimum Gasteiger partial charge on any atom is -0.359 e. The number of nitrogens with zero attached hydrogens (tertiary/aromatic N) is 5. The summed E-state index contributed by atoms with van der Waals surface area (Å²) >= 11 is 0. The fraction of sp³-hybridized carbons (Fsp3) is 0.286. The Hall–Kier alpha value is -2.69. The molecule has 0 unspecified atom stereocenters. The molecule has 8 heteroatoms. The highest BCUT2D eigenvalue weighted by Crippen LogP contribution is 2.31. The first-order chi connectivity index (χ1) is 10.4. The minimum atomic E-state index is -4.58. The molecule has 2 aromatic heterocycles. The first-order valence-electron chi connectivity index (χ1n) is 6.36. The fourth-order valence-electron chi connectivity index (χ4n) is 1.73. The average Bonchev–Trinajstić information content (AvgIpc) is 2.52. The zero-order chi connectivity index (χ0) is 16.2. The Labute approximate surface area is 125 Å². The predicted octanol–water partition coefficient (Wildman–Crippen LogP) is 2.91. The summed E-state index contributed by atoms with van der Waals surface area (Å²) in [7, 11) is 1.58. The highest BCUT2D eigenvalue weighted by Gasteiger charge is 2.34. The Morgan fingerprint density at radius 3 is 2.68 bits per heavy atom. The van der Waals surface area contributed by atoms with Crippen molar-refractivity contribution in [2.45, 2.75) is 12.6 Å². The van der Waals surface area contributed by atoms with Crippen LogP contribution in [-0.2, 0) is 6.18 Å². The molecule has 0 bridgehead atoms. The number of hydrogen-bond acceptors (Lipinski definition) is 5. The number of nitriles is 1. The lowest BCUT2D eigenvalue weighted by molar-refractivity contribution is -0.141. The third-order valence-corrected chi connectivity index (χ3v) is 2.87. The van der Waals surface area contributed by atoms with Crippen molar-refractivity contribution >= 4 is 5.82 Å². The lowest BCUT2D eigenvalue weighted by Crippen LogP contribution is -2.21. The summed E-state index contributed by atoms with van der Waals surface area (Å²) in [6, 6.07) is 5.99. The van der Waals surface area contributed by atoms with Crippen molar-refractivity contribution in [2.24, 2.45) is 0 Å². The normalized spacial score (nSPS) is 11.0. The predicted molar refractivity (Wildman–Crippen MR) is 73.8 cm³/mol. The van der Waals surface area contributed by atoms with Gasteiger partial charge in [0.25, 0.3) is 0 Å². The molecule has 0 fully saturated rings. The van der Waals surface area contributed by atoms with Crippen molar-refractivity contribution in [3.63, 3.8) is 0 Å². The Bertz CT molecular complexity index is 679. The molecule has 0 aromatic carbocycles. The zero-order valence-electron chi connectivity index (χ0n) is 11.7. The molecule has 0 aliphatic carbocycles. The molecule has 114 valence electrons. The second-order valence-electron chi connectivity index (χ2n) is 4.50. The molecule has 0 spiro atoms. The van der Waals surface area contributed by atoms with Crippen LogP contribution in [0.2, 0.25) is 0 Å². The highest BCUT2D eigenvalue weighted by molar-refractivity contribution is 5.57. The van der Waals surface area contributed by atoms with Crippen LogP contribution in [0.25, 0.3) is 11.4 Å². The average molecular weight is 307 g/mol. The Balaban J connectivity index is 2.48. The first-order valence-corrected chi connectivity index (χ1v) is 6.36. The van der Waals surface area contributed by atoms with Crippen LogP contribution in [0, 0.1) is 11.3 Å². The molecule has 5 nitrogen and oxygen atoms in total. The number of hydrogen-bond donors (Lipinski definition) is 0. The van der Waals surface area contributed by atoms with E-state index in [-0.39, 0.29) is 24.6 Å². The second kappa shape index (κ2) is 6.39. The maximum absolute atomic E-state index is 13.0. The molecule has 2 rings (SSSR count). The van der Waals surface area contributed by atoms with Gasteiger partial charge < -0.3 is 4.90 Å². The van der Waals surface area contributed by atoms with Crippen LogP contribution in [0.15, 0.2) is 30.6 Å². The number of alkyl halides is 3. The molecule has 0 aliphatic rings. The minimum absolute atomic E-state index is 0.0540. The Morgan fingerprint density at radius 2 is 2.09 bits per heavy atom. The van der Waals surface area contributed by atoms with Gasteiger partial charge in [-0.25, -0.2) is 9.97 Å². The van der Waals surface area contributed by atoms with Gasteiger partial charge in [0.15, 0.2) is 11.5 Å². The van der Waals surface area contributed by atoms with E-state index in [1.807, 2.05) is 6.07 Å². The van der Waals surface area contributed by atoms with Gasteiger partial charge in [0, 0.05) is 37.6 Å². The van der Waals surface area contributed by atoms with Gasteiger partial charge in [-0.1, -0.05) is 0 Å². The van der Waals surface area contributed by atoms with E-state index in [9.17, 15) is 13.2 Å². The molecule has 0 saturated heterocycles. The molecule has 0 radical (unpaired) electrons. The zero-order valence-corrected chi connectivity index (χ0v) is 11.7. The number of pyridine rings is 1. The monoisotopic (exact) mass is 307 g/mol. The number of rotatable bonds is 4. The fourth-order valence-corrected chi connectivity index (χ4v) is 1.73. The molecule has 0 amide bonds.